The molecule has 110 valence electrons. The van der Waals surface area contributed by atoms with E-state index < -0.39 is 11.4 Å². The second-order valence-corrected chi connectivity index (χ2v) is 6.50. The minimum absolute atomic E-state index is 0.171. The first-order chi connectivity index (χ1) is 9.35. The Hall–Kier alpha value is -1.35. The van der Waals surface area contributed by atoms with Crippen LogP contribution in [-0.2, 0) is 11.3 Å². The molecule has 1 unspecified atom stereocenters. The van der Waals surface area contributed by atoms with Gasteiger partial charge in [-0.2, -0.15) is 0 Å². The van der Waals surface area contributed by atoms with Crippen molar-refractivity contribution in [3.05, 3.63) is 34.9 Å². The van der Waals surface area contributed by atoms with Gasteiger partial charge >= 0.3 is 5.97 Å². The van der Waals surface area contributed by atoms with Crippen molar-refractivity contribution in [2.24, 2.45) is 11.3 Å². The molecule has 0 saturated carbocycles. The number of benzene rings is 1. The Bertz CT molecular complexity index is 510. The van der Waals surface area contributed by atoms with E-state index in [0.29, 0.717) is 6.54 Å². The zero-order valence-electron chi connectivity index (χ0n) is 12.9. The summed E-state index contributed by atoms with van der Waals surface area (Å²) in [5, 5.41) is 9.57. The van der Waals surface area contributed by atoms with Crippen molar-refractivity contribution in [3.8, 4) is 0 Å². The fourth-order valence-electron chi connectivity index (χ4n) is 3.10. The molecule has 20 heavy (non-hydrogen) atoms. The van der Waals surface area contributed by atoms with E-state index >= 15 is 0 Å². The predicted octanol–water partition coefficient (Wildman–Crippen LogP) is 3.24. The topological polar surface area (TPSA) is 40.5 Å². The Balaban J connectivity index is 2.09. The van der Waals surface area contributed by atoms with Gasteiger partial charge in [0.2, 0.25) is 0 Å². The highest BCUT2D eigenvalue weighted by atomic mass is 16.4. The van der Waals surface area contributed by atoms with Gasteiger partial charge in [0.1, 0.15) is 0 Å². The van der Waals surface area contributed by atoms with Crippen molar-refractivity contribution in [2.75, 3.05) is 13.1 Å². The maximum absolute atomic E-state index is 11.6. The van der Waals surface area contributed by atoms with Gasteiger partial charge in [-0.25, -0.2) is 0 Å². The van der Waals surface area contributed by atoms with E-state index in [9.17, 15) is 9.90 Å². The zero-order chi connectivity index (χ0) is 14.9. The Kier molecular flexibility index (Phi) is 4.19. The fraction of sp³-hybridized carbons (Fsp3) is 0.588. The van der Waals surface area contributed by atoms with E-state index in [1.54, 1.807) is 0 Å². The SMILES string of the molecule is Cc1ccc(CN2CCC(C(=O)O)(C(C)C)C2)cc1C. The first-order valence-electron chi connectivity index (χ1n) is 7.37. The monoisotopic (exact) mass is 275 g/mol. The summed E-state index contributed by atoms with van der Waals surface area (Å²) >= 11 is 0. The van der Waals surface area contributed by atoms with Crippen molar-refractivity contribution >= 4 is 5.97 Å². The van der Waals surface area contributed by atoms with Crippen molar-refractivity contribution in [1.29, 1.82) is 0 Å². The number of carbonyl (C=O) groups is 1. The number of hydrogen-bond acceptors (Lipinski definition) is 2. The summed E-state index contributed by atoms with van der Waals surface area (Å²) in [6, 6.07) is 6.51. The summed E-state index contributed by atoms with van der Waals surface area (Å²) in [4.78, 5) is 13.9. The lowest BCUT2D eigenvalue weighted by Gasteiger charge is -2.29. The number of likely N-dealkylation sites (tertiary alicyclic amines) is 1. The number of nitrogens with zero attached hydrogens (tertiary/aromatic N) is 1. The second-order valence-electron chi connectivity index (χ2n) is 6.50. The molecule has 1 saturated heterocycles. The van der Waals surface area contributed by atoms with Gasteiger partial charge in [-0.05, 0) is 49.4 Å². The number of aliphatic carboxylic acids is 1. The molecule has 0 aliphatic carbocycles. The minimum atomic E-state index is -0.643. The predicted molar refractivity (Wildman–Crippen MR) is 80.7 cm³/mol. The smallest absolute Gasteiger partial charge is 0.311 e. The van der Waals surface area contributed by atoms with Gasteiger partial charge in [-0.3, -0.25) is 9.69 Å². The normalized spacial score (nSPS) is 23.4. The van der Waals surface area contributed by atoms with Gasteiger partial charge in [0.05, 0.1) is 5.41 Å². The summed E-state index contributed by atoms with van der Waals surface area (Å²) in [5.74, 6) is -0.472. The van der Waals surface area contributed by atoms with E-state index in [4.69, 9.17) is 0 Å². The third-order valence-electron chi connectivity index (χ3n) is 4.89. The molecule has 1 aliphatic heterocycles. The largest absolute Gasteiger partial charge is 0.481 e. The van der Waals surface area contributed by atoms with Crippen LogP contribution in [0, 0.1) is 25.2 Å². The molecule has 0 amide bonds. The van der Waals surface area contributed by atoms with Crippen molar-refractivity contribution in [3.63, 3.8) is 0 Å². The van der Waals surface area contributed by atoms with E-state index in [2.05, 4.69) is 36.9 Å². The Morgan fingerprint density at radius 2 is 2.05 bits per heavy atom. The molecule has 0 spiro atoms. The molecule has 2 rings (SSSR count). The highest BCUT2D eigenvalue weighted by molar-refractivity contribution is 5.75. The van der Waals surface area contributed by atoms with Crippen LogP contribution in [0.15, 0.2) is 18.2 Å². The molecule has 3 heteroatoms. The lowest BCUT2D eigenvalue weighted by atomic mass is 9.76. The molecule has 0 radical (unpaired) electrons. The van der Waals surface area contributed by atoms with E-state index in [1.807, 2.05) is 13.8 Å². The van der Waals surface area contributed by atoms with Crippen LogP contribution in [0.3, 0.4) is 0 Å². The molecule has 1 fully saturated rings. The molecule has 1 aromatic rings. The minimum Gasteiger partial charge on any atom is -0.481 e. The lowest BCUT2D eigenvalue weighted by molar-refractivity contribution is -0.151. The Morgan fingerprint density at radius 1 is 1.35 bits per heavy atom. The van der Waals surface area contributed by atoms with Gasteiger partial charge in [0.15, 0.2) is 0 Å². The van der Waals surface area contributed by atoms with E-state index in [1.165, 1.54) is 16.7 Å². The molecule has 3 nitrogen and oxygen atoms in total. The highest BCUT2D eigenvalue weighted by Gasteiger charge is 2.46. The molecule has 1 aliphatic rings. The fourth-order valence-corrected chi connectivity index (χ4v) is 3.10. The third kappa shape index (κ3) is 2.73. The number of carboxylic acid groups (broad SMARTS) is 1. The Morgan fingerprint density at radius 3 is 2.55 bits per heavy atom. The quantitative estimate of drug-likeness (QED) is 0.917. The standard InChI is InChI=1S/C17H25NO2/c1-12(2)17(16(19)20)7-8-18(11-17)10-15-6-5-13(3)14(4)9-15/h5-6,9,12H,7-8,10-11H2,1-4H3,(H,19,20). The van der Waals surface area contributed by atoms with Crippen molar-refractivity contribution < 1.29 is 9.90 Å². The summed E-state index contributed by atoms with van der Waals surface area (Å²) < 4.78 is 0. The van der Waals surface area contributed by atoms with Crippen LogP contribution in [0.2, 0.25) is 0 Å². The molecule has 1 N–H and O–H groups in total. The number of rotatable bonds is 4. The van der Waals surface area contributed by atoms with Crippen LogP contribution in [0.1, 0.15) is 37.0 Å². The Labute approximate surface area is 121 Å². The van der Waals surface area contributed by atoms with E-state index in [-0.39, 0.29) is 5.92 Å². The molecule has 1 atom stereocenters. The molecular formula is C17H25NO2. The van der Waals surface area contributed by atoms with Crippen LogP contribution in [0.25, 0.3) is 0 Å². The van der Waals surface area contributed by atoms with Gasteiger partial charge in [0.25, 0.3) is 0 Å². The van der Waals surface area contributed by atoms with Gasteiger partial charge in [0, 0.05) is 13.1 Å². The van der Waals surface area contributed by atoms with Crippen molar-refractivity contribution in [2.45, 2.75) is 40.7 Å². The summed E-state index contributed by atoms with van der Waals surface area (Å²) in [6.45, 7) is 10.7. The molecular weight excluding hydrogens is 250 g/mol. The molecule has 1 heterocycles. The summed E-state index contributed by atoms with van der Waals surface area (Å²) in [7, 11) is 0. The number of aryl methyl sites for hydroxylation is 2. The summed E-state index contributed by atoms with van der Waals surface area (Å²) in [6.07, 6.45) is 0.755. The average molecular weight is 275 g/mol. The van der Waals surface area contributed by atoms with E-state index in [0.717, 1.165) is 19.5 Å². The number of hydrogen-bond donors (Lipinski definition) is 1. The van der Waals surface area contributed by atoms with Gasteiger partial charge in [-0.15, -0.1) is 0 Å². The van der Waals surface area contributed by atoms with Crippen LogP contribution >= 0.6 is 0 Å². The van der Waals surface area contributed by atoms with Gasteiger partial charge < -0.3 is 5.11 Å². The third-order valence-corrected chi connectivity index (χ3v) is 4.89. The maximum atomic E-state index is 11.6. The van der Waals surface area contributed by atoms with Crippen LogP contribution in [-0.4, -0.2) is 29.1 Å². The highest BCUT2D eigenvalue weighted by Crippen LogP contribution is 2.38. The van der Waals surface area contributed by atoms with Crippen LogP contribution in [0.4, 0.5) is 0 Å². The molecule has 0 bridgehead atoms. The lowest BCUT2D eigenvalue weighted by Crippen LogP contribution is -2.39. The van der Waals surface area contributed by atoms with Crippen LogP contribution < -0.4 is 0 Å². The molecule has 1 aromatic carbocycles. The van der Waals surface area contributed by atoms with Crippen LogP contribution in [0.5, 0.6) is 0 Å². The van der Waals surface area contributed by atoms with Gasteiger partial charge in [-0.1, -0.05) is 32.0 Å². The second kappa shape index (κ2) is 5.57. The first-order valence-corrected chi connectivity index (χ1v) is 7.37. The zero-order valence-corrected chi connectivity index (χ0v) is 12.9. The molecule has 0 aromatic heterocycles. The average Bonchev–Trinajstić information content (AvgIpc) is 2.79. The summed E-state index contributed by atoms with van der Waals surface area (Å²) in [5.41, 5.74) is 3.31. The maximum Gasteiger partial charge on any atom is 0.311 e. The first kappa shape index (κ1) is 15.0. The van der Waals surface area contributed by atoms with Crippen molar-refractivity contribution in [1.82, 2.24) is 4.90 Å². The number of carboxylic acids is 1.